The van der Waals surface area contributed by atoms with Gasteiger partial charge in [-0.3, -0.25) is 9.59 Å². The van der Waals surface area contributed by atoms with Crippen LogP contribution in [0.4, 0.5) is 0 Å². The van der Waals surface area contributed by atoms with Crippen molar-refractivity contribution < 1.29 is 14.3 Å². The number of hydrogen-bond donors (Lipinski definition) is 1. The summed E-state index contributed by atoms with van der Waals surface area (Å²) in [5.74, 6) is 0.511. The molecule has 1 unspecified atom stereocenters. The quantitative estimate of drug-likeness (QED) is 0.654. The van der Waals surface area contributed by atoms with E-state index < -0.39 is 0 Å². The number of fused-ring (bicyclic) bond motifs is 1. The molecular formula is C23H26N4O3. The maximum absolute atomic E-state index is 12.9. The Kier molecular flexibility index (Phi) is 6.09. The fourth-order valence-corrected chi connectivity index (χ4v) is 3.70. The van der Waals surface area contributed by atoms with Gasteiger partial charge in [-0.1, -0.05) is 42.5 Å². The van der Waals surface area contributed by atoms with Gasteiger partial charge in [-0.15, -0.1) is 0 Å². The van der Waals surface area contributed by atoms with Crippen LogP contribution >= 0.6 is 0 Å². The van der Waals surface area contributed by atoms with Gasteiger partial charge in [0.1, 0.15) is 18.5 Å². The van der Waals surface area contributed by atoms with E-state index in [0.29, 0.717) is 19.0 Å². The maximum Gasteiger partial charge on any atom is 0.249 e. The molecule has 1 saturated heterocycles. The fraction of sp³-hybridized carbons (Fsp3) is 0.348. The van der Waals surface area contributed by atoms with Gasteiger partial charge >= 0.3 is 0 Å². The van der Waals surface area contributed by atoms with Crippen molar-refractivity contribution in [3.8, 4) is 0 Å². The number of likely N-dealkylation sites (N-methyl/N-ethyl adjacent to an activating group) is 1. The molecule has 2 amide bonds. The first-order chi connectivity index (χ1) is 14.6. The molecule has 0 saturated carbocycles. The van der Waals surface area contributed by atoms with Gasteiger partial charge in [0, 0.05) is 20.2 Å². The van der Waals surface area contributed by atoms with Gasteiger partial charge < -0.3 is 19.5 Å². The molecule has 2 heterocycles. The van der Waals surface area contributed by atoms with Crippen LogP contribution in [0.15, 0.2) is 54.6 Å². The van der Waals surface area contributed by atoms with Crippen LogP contribution in [0.5, 0.6) is 0 Å². The number of para-hydroxylation sites is 2. The van der Waals surface area contributed by atoms with Gasteiger partial charge in [0.15, 0.2) is 0 Å². The Hall–Kier alpha value is -3.19. The van der Waals surface area contributed by atoms with Crippen molar-refractivity contribution in [1.82, 2.24) is 19.8 Å². The van der Waals surface area contributed by atoms with Crippen LogP contribution in [0.2, 0.25) is 0 Å². The van der Waals surface area contributed by atoms with E-state index in [2.05, 4.69) is 10.3 Å². The van der Waals surface area contributed by atoms with Gasteiger partial charge in [0.05, 0.1) is 17.6 Å². The molecule has 0 spiro atoms. The highest BCUT2D eigenvalue weighted by molar-refractivity contribution is 5.82. The Morgan fingerprint density at radius 1 is 1.17 bits per heavy atom. The molecule has 30 heavy (non-hydrogen) atoms. The largest absolute Gasteiger partial charge is 0.368 e. The summed E-state index contributed by atoms with van der Waals surface area (Å²) in [7, 11) is 1.80. The van der Waals surface area contributed by atoms with E-state index in [4.69, 9.17) is 4.74 Å². The Morgan fingerprint density at radius 2 is 1.93 bits per heavy atom. The SMILES string of the molecule is CN(Cc1ccccc1)C(=O)Cn1c(CNC(=O)C2CCCO2)nc2ccccc21. The molecule has 1 aliphatic heterocycles. The number of benzene rings is 2. The zero-order valence-corrected chi connectivity index (χ0v) is 17.1. The molecule has 1 aromatic heterocycles. The molecule has 0 bridgehead atoms. The normalized spacial score (nSPS) is 16.0. The third kappa shape index (κ3) is 4.52. The monoisotopic (exact) mass is 406 g/mol. The third-order valence-corrected chi connectivity index (χ3v) is 5.36. The number of carbonyl (C=O) groups is 2. The zero-order valence-electron chi connectivity index (χ0n) is 17.1. The number of ether oxygens (including phenoxy) is 1. The molecule has 1 aliphatic rings. The Balaban J connectivity index is 1.49. The smallest absolute Gasteiger partial charge is 0.249 e. The molecule has 1 N–H and O–H groups in total. The van der Waals surface area contributed by atoms with Crippen LogP contribution < -0.4 is 5.32 Å². The average molecular weight is 406 g/mol. The highest BCUT2D eigenvalue weighted by Crippen LogP contribution is 2.17. The molecular weight excluding hydrogens is 380 g/mol. The van der Waals surface area contributed by atoms with Crippen molar-refractivity contribution >= 4 is 22.8 Å². The number of nitrogens with zero attached hydrogens (tertiary/aromatic N) is 3. The van der Waals surface area contributed by atoms with Crippen molar-refractivity contribution in [2.75, 3.05) is 13.7 Å². The topological polar surface area (TPSA) is 76.5 Å². The van der Waals surface area contributed by atoms with Crippen molar-refractivity contribution in [1.29, 1.82) is 0 Å². The van der Waals surface area contributed by atoms with Crippen LogP contribution in [-0.2, 0) is 34.0 Å². The highest BCUT2D eigenvalue weighted by Gasteiger charge is 2.24. The number of rotatable bonds is 7. The summed E-state index contributed by atoms with van der Waals surface area (Å²) < 4.78 is 7.33. The predicted octanol–water partition coefficient (Wildman–Crippen LogP) is 2.49. The number of carbonyl (C=O) groups excluding carboxylic acids is 2. The lowest BCUT2D eigenvalue weighted by atomic mass is 10.2. The number of amides is 2. The second-order valence-corrected chi connectivity index (χ2v) is 7.56. The molecule has 1 fully saturated rings. The molecule has 4 rings (SSSR count). The summed E-state index contributed by atoms with van der Waals surface area (Å²) in [6.07, 6.45) is 1.26. The summed E-state index contributed by atoms with van der Waals surface area (Å²) in [4.78, 5) is 31.6. The van der Waals surface area contributed by atoms with Crippen LogP contribution in [0, 0.1) is 0 Å². The second-order valence-electron chi connectivity index (χ2n) is 7.56. The first kappa shape index (κ1) is 20.1. The molecule has 7 heteroatoms. The van der Waals surface area contributed by atoms with Gasteiger partial charge in [-0.05, 0) is 30.5 Å². The van der Waals surface area contributed by atoms with E-state index in [-0.39, 0.29) is 31.0 Å². The van der Waals surface area contributed by atoms with Crippen LogP contribution in [-0.4, -0.2) is 46.0 Å². The highest BCUT2D eigenvalue weighted by atomic mass is 16.5. The Morgan fingerprint density at radius 3 is 2.70 bits per heavy atom. The van der Waals surface area contributed by atoms with E-state index in [1.807, 2.05) is 59.2 Å². The van der Waals surface area contributed by atoms with Crippen molar-refractivity contribution in [2.24, 2.45) is 0 Å². The molecule has 7 nitrogen and oxygen atoms in total. The van der Waals surface area contributed by atoms with Gasteiger partial charge in [-0.25, -0.2) is 4.98 Å². The van der Waals surface area contributed by atoms with Crippen LogP contribution in [0.1, 0.15) is 24.2 Å². The summed E-state index contributed by atoms with van der Waals surface area (Å²) in [5.41, 5.74) is 2.76. The number of aromatic nitrogens is 2. The molecule has 0 aliphatic carbocycles. The van der Waals surface area contributed by atoms with Gasteiger partial charge in [-0.2, -0.15) is 0 Å². The van der Waals surface area contributed by atoms with E-state index in [1.165, 1.54) is 0 Å². The Labute approximate surface area is 175 Å². The number of nitrogens with one attached hydrogen (secondary N) is 1. The number of hydrogen-bond acceptors (Lipinski definition) is 4. The van der Waals surface area contributed by atoms with Gasteiger partial charge in [0.25, 0.3) is 0 Å². The first-order valence-electron chi connectivity index (χ1n) is 10.2. The maximum atomic E-state index is 12.9. The minimum Gasteiger partial charge on any atom is -0.368 e. The lowest BCUT2D eigenvalue weighted by Gasteiger charge is -2.19. The third-order valence-electron chi connectivity index (χ3n) is 5.36. The summed E-state index contributed by atoms with van der Waals surface area (Å²) in [6.45, 7) is 1.58. The van der Waals surface area contributed by atoms with Crippen LogP contribution in [0.3, 0.4) is 0 Å². The lowest BCUT2D eigenvalue weighted by Crippen LogP contribution is -2.35. The zero-order chi connectivity index (χ0) is 20.9. The average Bonchev–Trinajstić information content (AvgIpc) is 3.41. The molecule has 3 aromatic rings. The van der Waals surface area contributed by atoms with E-state index >= 15 is 0 Å². The standard InChI is InChI=1S/C23H26N4O3/c1-26(15-17-8-3-2-4-9-17)22(28)16-27-19-11-6-5-10-18(19)25-21(27)14-24-23(29)20-12-7-13-30-20/h2-6,8-11,20H,7,12-16H2,1H3,(H,24,29). The van der Waals surface area contributed by atoms with Crippen molar-refractivity contribution in [3.63, 3.8) is 0 Å². The molecule has 156 valence electrons. The van der Waals surface area contributed by atoms with E-state index in [9.17, 15) is 9.59 Å². The van der Waals surface area contributed by atoms with Crippen molar-refractivity contribution in [2.45, 2.75) is 38.6 Å². The Bertz CT molecular complexity index is 1030. The number of imidazole rings is 1. The lowest BCUT2D eigenvalue weighted by molar-refractivity contribution is -0.131. The minimum atomic E-state index is -0.388. The van der Waals surface area contributed by atoms with E-state index in [1.54, 1.807) is 11.9 Å². The second kappa shape index (κ2) is 9.09. The molecule has 0 radical (unpaired) electrons. The first-order valence-corrected chi connectivity index (χ1v) is 10.2. The summed E-state index contributed by atoms with van der Waals surface area (Å²) in [6, 6.07) is 17.6. The molecule has 2 aromatic carbocycles. The fourth-order valence-electron chi connectivity index (χ4n) is 3.70. The predicted molar refractivity (Wildman–Crippen MR) is 113 cm³/mol. The van der Waals surface area contributed by atoms with E-state index in [0.717, 1.165) is 29.4 Å². The molecule has 1 atom stereocenters. The van der Waals surface area contributed by atoms with Gasteiger partial charge in [0.2, 0.25) is 11.8 Å². The summed E-state index contributed by atoms with van der Waals surface area (Å²) in [5, 5.41) is 2.91. The minimum absolute atomic E-state index is 0.0197. The summed E-state index contributed by atoms with van der Waals surface area (Å²) >= 11 is 0. The van der Waals surface area contributed by atoms with Crippen molar-refractivity contribution in [3.05, 3.63) is 66.0 Å². The van der Waals surface area contributed by atoms with Crippen LogP contribution in [0.25, 0.3) is 11.0 Å².